The molecule has 0 fully saturated rings. The van der Waals surface area contributed by atoms with Crippen LogP contribution >= 0.6 is 0 Å². The topological polar surface area (TPSA) is 20.3 Å². The van der Waals surface area contributed by atoms with Crippen molar-refractivity contribution in [2.75, 3.05) is 11.4 Å². The SMILES string of the molecule is CCCCCCN(C(=O)C(C)(C)CC)c1ccc(F)cc1F. The highest BCUT2D eigenvalue weighted by Gasteiger charge is 2.32. The summed E-state index contributed by atoms with van der Waals surface area (Å²) in [4.78, 5) is 14.2. The van der Waals surface area contributed by atoms with Gasteiger partial charge in [0.25, 0.3) is 0 Å². The molecule has 0 atom stereocenters. The van der Waals surface area contributed by atoms with Gasteiger partial charge in [0.1, 0.15) is 11.6 Å². The van der Waals surface area contributed by atoms with Crippen LogP contribution in [0.25, 0.3) is 0 Å². The van der Waals surface area contributed by atoms with Gasteiger partial charge in [-0.25, -0.2) is 8.78 Å². The molecule has 22 heavy (non-hydrogen) atoms. The molecule has 124 valence electrons. The van der Waals surface area contributed by atoms with Crippen molar-refractivity contribution in [1.82, 2.24) is 0 Å². The van der Waals surface area contributed by atoms with E-state index in [2.05, 4.69) is 6.92 Å². The lowest BCUT2D eigenvalue weighted by molar-refractivity contribution is -0.126. The third kappa shape index (κ3) is 4.79. The van der Waals surface area contributed by atoms with Gasteiger partial charge < -0.3 is 4.90 Å². The number of benzene rings is 1. The van der Waals surface area contributed by atoms with E-state index in [0.29, 0.717) is 13.0 Å². The lowest BCUT2D eigenvalue weighted by atomic mass is 9.88. The fourth-order valence-corrected chi connectivity index (χ4v) is 2.24. The zero-order valence-corrected chi connectivity index (χ0v) is 14.1. The van der Waals surface area contributed by atoms with E-state index in [-0.39, 0.29) is 11.6 Å². The van der Waals surface area contributed by atoms with Crippen molar-refractivity contribution in [2.24, 2.45) is 5.41 Å². The van der Waals surface area contributed by atoms with Gasteiger partial charge >= 0.3 is 0 Å². The van der Waals surface area contributed by atoms with Crippen LogP contribution < -0.4 is 4.90 Å². The summed E-state index contributed by atoms with van der Waals surface area (Å²) in [6, 6.07) is 3.39. The normalized spacial score (nSPS) is 11.5. The van der Waals surface area contributed by atoms with Crippen LogP contribution in [-0.4, -0.2) is 12.5 Å². The Bertz CT molecular complexity index is 500. The lowest BCUT2D eigenvalue weighted by Gasteiger charge is -2.31. The van der Waals surface area contributed by atoms with Crippen LogP contribution in [0.15, 0.2) is 18.2 Å². The van der Waals surface area contributed by atoms with Crippen molar-refractivity contribution < 1.29 is 13.6 Å². The molecule has 1 aromatic carbocycles. The standard InChI is InChI=1S/C18H27F2NO/c1-5-7-8-9-12-21(17(22)18(3,4)6-2)16-11-10-14(19)13-15(16)20/h10-11,13H,5-9,12H2,1-4H3. The Labute approximate surface area is 132 Å². The quantitative estimate of drug-likeness (QED) is 0.595. The number of carbonyl (C=O) groups excluding carboxylic acids is 1. The van der Waals surface area contributed by atoms with Gasteiger partial charge in [-0.1, -0.05) is 47.0 Å². The molecule has 1 aromatic rings. The summed E-state index contributed by atoms with van der Waals surface area (Å²) in [6.07, 6.45) is 4.66. The Morgan fingerprint density at radius 3 is 2.36 bits per heavy atom. The summed E-state index contributed by atoms with van der Waals surface area (Å²) >= 11 is 0. The minimum absolute atomic E-state index is 0.114. The summed E-state index contributed by atoms with van der Waals surface area (Å²) in [6.45, 7) is 8.23. The Morgan fingerprint density at radius 1 is 1.14 bits per heavy atom. The van der Waals surface area contributed by atoms with Crippen LogP contribution in [-0.2, 0) is 4.79 Å². The van der Waals surface area contributed by atoms with Crippen LogP contribution in [0.5, 0.6) is 0 Å². The number of halogens is 2. The van der Waals surface area contributed by atoms with Gasteiger partial charge in [0.05, 0.1) is 5.69 Å². The zero-order valence-electron chi connectivity index (χ0n) is 14.1. The first-order valence-electron chi connectivity index (χ1n) is 8.10. The fourth-order valence-electron chi connectivity index (χ4n) is 2.24. The maximum Gasteiger partial charge on any atom is 0.232 e. The Morgan fingerprint density at radius 2 is 1.82 bits per heavy atom. The highest BCUT2D eigenvalue weighted by molar-refractivity contribution is 5.97. The van der Waals surface area contributed by atoms with Gasteiger partial charge in [0, 0.05) is 18.0 Å². The zero-order chi connectivity index (χ0) is 16.8. The molecule has 0 spiro atoms. The smallest absolute Gasteiger partial charge is 0.232 e. The Balaban J connectivity index is 3.02. The van der Waals surface area contributed by atoms with E-state index in [1.807, 2.05) is 20.8 Å². The van der Waals surface area contributed by atoms with E-state index in [9.17, 15) is 13.6 Å². The monoisotopic (exact) mass is 311 g/mol. The third-order valence-corrected chi connectivity index (χ3v) is 4.14. The van der Waals surface area contributed by atoms with Gasteiger partial charge in [-0.15, -0.1) is 0 Å². The Kier molecular flexibility index (Phi) is 6.98. The van der Waals surface area contributed by atoms with Crippen LogP contribution in [0, 0.1) is 17.0 Å². The van der Waals surface area contributed by atoms with Gasteiger partial charge in [0.2, 0.25) is 5.91 Å². The molecule has 0 radical (unpaired) electrons. The predicted octanol–water partition coefficient (Wildman–Crippen LogP) is 5.31. The lowest BCUT2D eigenvalue weighted by Crippen LogP contribution is -2.42. The number of hydrogen-bond donors (Lipinski definition) is 0. The maximum absolute atomic E-state index is 14.1. The molecule has 0 bridgehead atoms. The van der Waals surface area contributed by atoms with Gasteiger partial charge in [-0.3, -0.25) is 4.79 Å². The molecule has 0 saturated heterocycles. The van der Waals surface area contributed by atoms with Crippen molar-refractivity contribution in [3.63, 3.8) is 0 Å². The number of nitrogens with zero attached hydrogens (tertiary/aromatic N) is 1. The predicted molar refractivity (Wildman–Crippen MR) is 86.9 cm³/mol. The van der Waals surface area contributed by atoms with Crippen LogP contribution in [0.3, 0.4) is 0 Å². The number of rotatable bonds is 8. The summed E-state index contributed by atoms with van der Waals surface area (Å²) < 4.78 is 27.2. The first kappa shape index (κ1) is 18.6. The van der Waals surface area contributed by atoms with E-state index in [1.165, 1.54) is 17.0 Å². The molecule has 0 unspecified atom stereocenters. The maximum atomic E-state index is 14.1. The van der Waals surface area contributed by atoms with Crippen LogP contribution in [0.1, 0.15) is 59.8 Å². The molecular formula is C18H27F2NO. The van der Waals surface area contributed by atoms with Crippen LogP contribution in [0.4, 0.5) is 14.5 Å². The Hall–Kier alpha value is -1.45. The molecule has 1 amide bonds. The molecule has 4 heteroatoms. The van der Waals surface area contributed by atoms with Crippen LogP contribution in [0.2, 0.25) is 0 Å². The molecule has 0 N–H and O–H groups in total. The second-order valence-electron chi connectivity index (χ2n) is 6.35. The van der Waals surface area contributed by atoms with E-state index in [4.69, 9.17) is 0 Å². The number of unbranched alkanes of at least 4 members (excludes halogenated alkanes) is 3. The molecule has 0 heterocycles. The molecule has 1 rings (SSSR count). The second-order valence-corrected chi connectivity index (χ2v) is 6.35. The highest BCUT2D eigenvalue weighted by atomic mass is 19.1. The van der Waals surface area contributed by atoms with Crippen molar-refractivity contribution in [3.8, 4) is 0 Å². The summed E-state index contributed by atoms with van der Waals surface area (Å²) in [5, 5.41) is 0. The average molecular weight is 311 g/mol. The highest BCUT2D eigenvalue weighted by Crippen LogP contribution is 2.29. The fraction of sp³-hybridized carbons (Fsp3) is 0.611. The van der Waals surface area contributed by atoms with Gasteiger partial charge in [0.15, 0.2) is 0 Å². The average Bonchev–Trinajstić information content (AvgIpc) is 2.48. The summed E-state index contributed by atoms with van der Waals surface area (Å²) in [7, 11) is 0. The van der Waals surface area contributed by atoms with Crippen molar-refractivity contribution in [1.29, 1.82) is 0 Å². The van der Waals surface area contributed by atoms with E-state index >= 15 is 0 Å². The first-order chi connectivity index (χ1) is 10.3. The minimum atomic E-state index is -0.684. The number of hydrogen-bond acceptors (Lipinski definition) is 1. The number of carbonyl (C=O) groups is 1. The molecule has 0 aromatic heterocycles. The molecule has 0 aliphatic rings. The van der Waals surface area contributed by atoms with E-state index < -0.39 is 17.0 Å². The molecule has 0 aliphatic heterocycles. The molecule has 0 aliphatic carbocycles. The number of amides is 1. The summed E-state index contributed by atoms with van der Waals surface area (Å²) in [5.41, 5.74) is -0.393. The molecule has 2 nitrogen and oxygen atoms in total. The van der Waals surface area contributed by atoms with Crippen molar-refractivity contribution >= 4 is 11.6 Å². The van der Waals surface area contributed by atoms with Crippen molar-refractivity contribution in [2.45, 2.75) is 59.8 Å². The van der Waals surface area contributed by atoms with E-state index in [0.717, 1.165) is 31.7 Å². The first-order valence-corrected chi connectivity index (χ1v) is 8.10. The van der Waals surface area contributed by atoms with Gasteiger partial charge in [-0.05, 0) is 25.0 Å². The summed E-state index contributed by atoms with van der Waals surface area (Å²) in [5.74, 6) is -1.43. The second kappa shape index (κ2) is 8.25. The number of anilines is 1. The largest absolute Gasteiger partial charge is 0.309 e. The third-order valence-electron chi connectivity index (χ3n) is 4.14. The van der Waals surface area contributed by atoms with Gasteiger partial charge in [-0.2, -0.15) is 0 Å². The minimum Gasteiger partial charge on any atom is -0.309 e. The van der Waals surface area contributed by atoms with E-state index in [1.54, 1.807) is 0 Å². The van der Waals surface area contributed by atoms with Crippen molar-refractivity contribution in [3.05, 3.63) is 29.8 Å². The molecule has 0 saturated carbocycles. The molecular weight excluding hydrogens is 284 g/mol.